The molecule has 0 bridgehead atoms. The average Bonchev–Trinajstić information content (AvgIpc) is 2.08. The zero-order valence-corrected chi connectivity index (χ0v) is 7.14. The third-order valence-corrected chi connectivity index (χ3v) is 2.05. The molecule has 0 aliphatic carbocycles. The minimum Gasteiger partial charge on any atom is -0.303 e. The first kappa shape index (κ1) is 10.7. The Morgan fingerprint density at radius 2 is 2.36 bits per heavy atom. The number of dihydropyridines is 1. The summed E-state index contributed by atoms with van der Waals surface area (Å²) in [6, 6.07) is 0. The predicted molar refractivity (Wildman–Crippen MR) is 46.0 cm³/mol. The fourth-order valence-electron chi connectivity index (χ4n) is 1.26. The summed E-state index contributed by atoms with van der Waals surface area (Å²) < 4.78 is 24.3. The molecule has 1 heterocycles. The van der Waals surface area contributed by atoms with Crippen molar-refractivity contribution in [3.05, 3.63) is 22.3 Å². The Kier molecular flexibility index (Phi) is 2.90. The molecule has 0 aromatic rings. The van der Waals surface area contributed by atoms with Crippen LogP contribution in [0.3, 0.4) is 0 Å². The van der Waals surface area contributed by atoms with E-state index in [1.54, 1.807) is 0 Å². The van der Waals surface area contributed by atoms with Crippen molar-refractivity contribution in [1.82, 2.24) is 0 Å². The maximum absolute atomic E-state index is 12.2. The van der Waals surface area contributed by atoms with Crippen LogP contribution in [0.5, 0.6) is 0 Å². The Morgan fingerprint density at radius 1 is 1.71 bits per heavy atom. The Labute approximate surface area is 78.5 Å². The molecule has 1 aliphatic rings. The van der Waals surface area contributed by atoms with Crippen molar-refractivity contribution in [2.75, 3.05) is 0 Å². The molecular weight excluding hydrogens is 196 g/mol. The van der Waals surface area contributed by atoms with Gasteiger partial charge in [-0.2, -0.15) is 0 Å². The van der Waals surface area contributed by atoms with Crippen LogP contribution in [0.1, 0.15) is 6.42 Å². The molecule has 7 heteroatoms. The largest absolute Gasteiger partial charge is 0.303 e. The van der Waals surface area contributed by atoms with Crippen molar-refractivity contribution in [2.24, 2.45) is 10.7 Å². The molecule has 78 valence electrons. The Balaban J connectivity index is 2.98. The lowest BCUT2D eigenvalue weighted by Gasteiger charge is -2.26. The summed E-state index contributed by atoms with van der Waals surface area (Å²) in [6.45, 7) is 0. The van der Waals surface area contributed by atoms with E-state index in [1.807, 2.05) is 0 Å². The number of hydrogen-bond acceptors (Lipinski definition) is 4. The smallest absolute Gasteiger partial charge is 0.280 e. The van der Waals surface area contributed by atoms with Crippen molar-refractivity contribution in [2.45, 2.75) is 24.6 Å². The van der Waals surface area contributed by atoms with E-state index >= 15 is 0 Å². The molecule has 0 amide bonds. The highest BCUT2D eigenvalue weighted by atomic mass is 19.3. The minimum absolute atomic E-state index is 0.809. The number of nitrogens with two attached hydrogens (primary N) is 1. The van der Waals surface area contributed by atoms with Crippen LogP contribution < -0.4 is 5.73 Å². The molecule has 0 fully saturated rings. The standard InChI is InChI=1S/C7H9F2N3O2/c8-5(9)4-7(12(13)14)2-1-3-11-6(7)10/h1-3,5-6H,4,10H2. The van der Waals surface area contributed by atoms with Crippen LogP contribution >= 0.6 is 0 Å². The Bertz CT molecular complexity index is 293. The summed E-state index contributed by atoms with van der Waals surface area (Å²) in [6.07, 6.45) is -1.38. The second-order valence-electron chi connectivity index (χ2n) is 2.95. The number of nitrogens with zero attached hydrogens (tertiary/aromatic N) is 2. The molecule has 0 radical (unpaired) electrons. The van der Waals surface area contributed by atoms with Gasteiger partial charge in [0.05, 0.1) is 6.42 Å². The van der Waals surface area contributed by atoms with Crippen LogP contribution in [0.15, 0.2) is 17.1 Å². The van der Waals surface area contributed by atoms with Crippen LogP contribution in [0.2, 0.25) is 0 Å². The highest BCUT2D eigenvalue weighted by molar-refractivity contribution is 5.73. The fourth-order valence-corrected chi connectivity index (χ4v) is 1.26. The van der Waals surface area contributed by atoms with Crippen LogP contribution in [0, 0.1) is 10.1 Å². The van der Waals surface area contributed by atoms with Gasteiger partial charge in [-0.3, -0.25) is 15.1 Å². The normalized spacial score (nSPS) is 31.0. The van der Waals surface area contributed by atoms with Crippen molar-refractivity contribution < 1.29 is 13.7 Å². The lowest BCUT2D eigenvalue weighted by Crippen LogP contribution is -2.53. The number of allylic oxidation sites excluding steroid dienone is 1. The lowest BCUT2D eigenvalue weighted by molar-refractivity contribution is -0.562. The van der Waals surface area contributed by atoms with Crippen molar-refractivity contribution in [3.8, 4) is 0 Å². The van der Waals surface area contributed by atoms with Gasteiger partial charge in [0.25, 0.3) is 5.54 Å². The Morgan fingerprint density at radius 3 is 2.79 bits per heavy atom. The monoisotopic (exact) mass is 205 g/mol. The highest BCUT2D eigenvalue weighted by Gasteiger charge is 2.49. The SMILES string of the molecule is NC1N=CC=CC1(CC(F)F)[N+](=O)[O-]. The van der Waals surface area contributed by atoms with Crippen LogP contribution in [-0.2, 0) is 0 Å². The third kappa shape index (κ3) is 1.77. The van der Waals surface area contributed by atoms with Crippen molar-refractivity contribution >= 4 is 6.21 Å². The van der Waals surface area contributed by atoms with E-state index in [-0.39, 0.29) is 0 Å². The summed E-state index contributed by atoms with van der Waals surface area (Å²) in [5.74, 6) is 0. The molecule has 1 rings (SSSR count). The molecule has 0 aromatic heterocycles. The quantitative estimate of drug-likeness (QED) is 0.540. The average molecular weight is 205 g/mol. The summed E-state index contributed by atoms with van der Waals surface area (Å²) in [5.41, 5.74) is 3.37. The summed E-state index contributed by atoms with van der Waals surface area (Å²) >= 11 is 0. The Hall–Kier alpha value is -1.37. The first-order valence-corrected chi connectivity index (χ1v) is 3.88. The van der Waals surface area contributed by atoms with E-state index in [1.165, 1.54) is 12.3 Å². The van der Waals surface area contributed by atoms with Gasteiger partial charge >= 0.3 is 0 Å². The van der Waals surface area contributed by atoms with Gasteiger partial charge in [0.2, 0.25) is 6.43 Å². The molecule has 1 aliphatic heterocycles. The number of nitro groups is 1. The maximum atomic E-state index is 12.2. The van der Waals surface area contributed by atoms with E-state index in [9.17, 15) is 18.9 Å². The van der Waals surface area contributed by atoms with E-state index in [4.69, 9.17) is 5.73 Å². The third-order valence-electron chi connectivity index (χ3n) is 2.05. The molecule has 2 N–H and O–H groups in total. The first-order valence-electron chi connectivity index (χ1n) is 3.88. The highest BCUT2D eigenvalue weighted by Crippen LogP contribution is 2.26. The molecule has 2 atom stereocenters. The van der Waals surface area contributed by atoms with Gasteiger partial charge < -0.3 is 5.73 Å². The van der Waals surface area contributed by atoms with Gasteiger partial charge in [0.1, 0.15) is 0 Å². The van der Waals surface area contributed by atoms with Gasteiger partial charge in [0.15, 0.2) is 6.17 Å². The molecule has 0 saturated heterocycles. The van der Waals surface area contributed by atoms with Gasteiger partial charge in [-0.1, -0.05) is 0 Å². The lowest BCUT2D eigenvalue weighted by atomic mass is 9.91. The maximum Gasteiger partial charge on any atom is 0.280 e. The minimum atomic E-state index is -2.79. The molecule has 0 aromatic carbocycles. The van der Waals surface area contributed by atoms with Gasteiger partial charge in [0, 0.05) is 11.1 Å². The summed E-state index contributed by atoms with van der Waals surface area (Å²) in [4.78, 5) is 13.4. The molecule has 5 nitrogen and oxygen atoms in total. The van der Waals surface area contributed by atoms with Gasteiger partial charge in [-0.05, 0) is 12.2 Å². The number of alkyl halides is 2. The van der Waals surface area contributed by atoms with Gasteiger partial charge in [-0.25, -0.2) is 8.78 Å². The van der Waals surface area contributed by atoms with Crippen LogP contribution in [-0.4, -0.2) is 29.3 Å². The van der Waals surface area contributed by atoms with E-state index in [0.29, 0.717) is 0 Å². The van der Waals surface area contributed by atoms with Crippen molar-refractivity contribution in [3.63, 3.8) is 0 Å². The molecule has 14 heavy (non-hydrogen) atoms. The number of aliphatic imine (C=N–C) groups is 1. The van der Waals surface area contributed by atoms with E-state index in [0.717, 1.165) is 6.08 Å². The fraction of sp³-hybridized carbons (Fsp3) is 0.571. The molecule has 0 spiro atoms. The molecule has 0 saturated carbocycles. The summed E-state index contributed by atoms with van der Waals surface area (Å²) in [7, 11) is 0. The van der Waals surface area contributed by atoms with Crippen LogP contribution in [0.25, 0.3) is 0 Å². The van der Waals surface area contributed by atoms with E-state index < -0.39 is 29.5 Å². The number of rotatable bonds is 3. The predicted octanol–water partition coefficient (Wildman–Crippen LogP) is 0.583. The summed E-state index contributed by atoms with van der Waals surface area (Å²) in [5, 5.41) is 10.7. The van der Waals surface area contributed by atoms with E-state index in [2.05, 4.69) is 4.99 Å². The second kappa shape index (κ2) is 3.79. The number of hydrogen-bond donors (Lipinski definition) is 1. The molecule has 2 unspecified atom stereocenters. The number of halogens is 2. The first-order chi connectivity index (χ1) is 6.49. The zero-order chi connectivity index (χ0) is 10.8. The van der Waals surface area contributed by atoms with Crippen molar-refractivity contribution in [1.29, 1.82) is 0 Å². The topological polar surface area (TPSA) is 81.5 Å². The van der Waals surface area contributed by atoms with Crippen LogP contribution in [0.4, 0.5) is 8.78 Å². The zero-order valence-electron chi connectivity index (χ0n) is 7.14. The molecular formula is C7H9F2N3O2. The second-order valence-corrected chi connectivity index (χ2v) is 2.95. The van der Waals surface area contributed by atoms with Gasteiger partial charge in [-0.15, -0.1) is 0 Å².